The van der Waals surface area contributed by atoms with Gasteiger partial charge in [0.25, 0.3) is 10.2 Å². The van der Waals surface area contributed by atoms with Gasteiger partial charge in [-0.05, 0) is 30.5 Å². The first-order valence-electron chi connectivity index (χ1n) is 7.70. The number of hydrogen-bond donors (Lipinski definition) is 0. The van der Waals surface area contributed by atoms with E-state index >= 15 is 0 Å². The van der Waals surface area contributed by atoms with Gasteiger partial charge in [0.15, 0.2) is 0 Å². The summed E-state index contributed by atoms with van der Waals surface area (Å²) in [5, 5.41) is 0.664. The molecule has 2 heterocycles. The van der Waals surface area contributed by atoms with Crippen LogP contribution in [-0.2, 0) is 14.9 Å². The summed E-state index contributed by atoms with van der Waals surface area (Å²) < 4.78 is 34.4. The van der Waals surface area contributed by atoms with Crippen molar-refractivity contribution < 1.29 is 13.2 Å². The molecule has 1 aromatic carbocycles. The van der Waals surface area contributed by atoms with E-state index in [-0.39, 0.29) is 6.10 Å². The fraction of sp³-hybridized carbons (Fsp3) is 0.600. The van der Waals surface area contributed by atoms with Crippen molar-refractivity contribution in [3.8, 4) is 0 Å². The highest BCUT2D eigenvalue weighted by molar-refractivity contribution is 7.86. The van der Waals surface area contributed by atoms with Gasteiger partial charge in [0.2, 0.25) is 0 Å². The van der Waals surface area contributed by atoms with Crippen LogP contribution in [0.2, 0.25) is 5.02 Å². The van der Waals surface area contributed by atoms with E-state index in [2.05, 4.69) is 0 Å². The maximum Gasteiger partial charge on any atom is 0.282 e. The summed E-state index contributed by atoms with van der Waals surface area (Å²) in [5.74, 6) is 0. The van der Waals surface area contributed by atoms with Crippen LogP contribution in [0.3, 0.4) is 0 Å². The van der Waals surface area contributed by atoms with Crippen molar-refractivity contribution in [2.45, 2.75) is 25.4 Å². The number of ether oxygens (including phenoxy) is 1. The van der Waals surface area contributed by atoms with E-state index < -0.39 is 10.2 Å². The molecule has 2 aliphatic heterocycles. The lowest BCUT2D eigenvalue weighted by molar-refractivity contribution is -0.00449. The second kappa shape index (κ2) is 6.84. The molecule has 0 aromatic heterocycles. The molecule has 1 unspecified atom stereocenters. The maximum absolute atomic E-state index is 12.7. The summed E-state index contributed by atoms with van der Waals surface area (Å²) in [5.41, 5.74) is 0.961. The average molecular weight is 345 g/mol. The third-order valence-corrected chi connectivity index (χ3v) is 6.49. The minimum Gasteiger partial charge on any atom is -0.371 e. The molecule has 1 aromatic rings. The molecule has 2 fully saturated rings. The minimum atomic E-state index is -3.37. The van der Waals surface area contributed by atoms with Gasteiger partial charge in [0.05, 0.1) is 12.7 Å². The van der Waals surface area contributed by atoms with E-state index in [0.717, 1.165) is 24.8 Å². The van der Waals surface area contributed by atoms with Gasteiger partial charge in [-0.1, -0.05) is 30.2 Å². The fourth-order valence-corrected chi connectivity index (χ4v) is 4.77. The largest absolute Gasteiger partial charge is 0.371 e. The molecule has 0 saturated carbocycles. The van der Waals surface area contributed by atoms with Gasteiger partial charge in [-0.15, -0.1) is 0 Å². The Hall–Kier alpha value is -0.660. The number of hydrogen-bond acceptors (Lipinski definition) is 3. The highest BCUT2D eigenvalue weighted by atomic mass is 35.5. The second-order valence-corrected chi connectivity index (χ2v) is 8.10. The molecule has 0 spiro atoms. The summed E-state index contributed by atoms with van der Waals surface area (Å²) in [6.07, 6.45) is 2.78. The van der Waals surface area contributed by atoms with Crippen molar-refractivity contribution in [2.24, 2.45) is 0 Å². The van der Waals surface area contributed by atoms with E-state index in [9.17, 15) is 8.42 Å². The van der Waals surface area contributed by atoms with Crippen molar-refractivity contribution in [2.75, 3.05) is 32.8 Å². The number of benzene rings is 1. The lowest BCUT2D eigenvalue weighted by atomic mass is 10.1. The van der Waals surface area contributed by atoms with Crippen molar-refractivity contribution in [3.05, 3.63) is 34.9 Å². The Morgan fingerprint density at radius 3 is 2.36 bits per heavy atom. The van der Waals surface area contributed by atoms with Gasteiger partial charge in [-0.2, -0.15) is 17.0 Å². The van der Waals surface area contributed by atoms with E-state index in [1.165, 1.54) is 0 Å². The van der Waals surface area contributed by atoms with Crippen molar-refractivity contribution in [1.29, 1.82) is 0 Å². The number of morpholine rings is 1. The Bertz CT molecular complexity index is 600. The van der Waals surface area contributed by atoms with Crippen LogP contribution < -0.4 is 0 Å². The van der Waals surface area contributed by atoms with Crippen LogP contribution >= 0.6 is 11.6 Å². The van der Waals surface area contributed by atoms with Crippen LogP contribution in [0.15, 0.2) is 24.3 Å². The normalized spacial score (nSPS) is 25.2. The molecule has 0 aliphatic carbocycles. The first-order chi connectivity index (χ1) is 10.6. The Morgan fingerprint density at radius 2 is 1.68 bits per heavy atom. The number of rotatable bonds is 3. The third kappa shape index (κ3) is 3.46. The van der Waals surface area contributed by atoms with Crippen LogP contribution in [0.4, 0.5) is 0 Å². The molecule has 0 amide bonds. The zero-order valence-electron chi connectivity index (χ0n) is 12.4. The summed E-state index contributed by atoms with van der Waals surface area (Å²) in [6, 6.07) is 7.39. The standard InChI is InChI=1S/C15H21ClN2O3S/c16-14-6-4-13(5-7-14)15-12-18(10-11-21-15)22(19,20)17-8-2-1-3-9-17/h4-7,15H,1-3,8-12H2. The van der Waals surface area contributed by atoms with Gasteiger partial charge >= 0.3 is 0 Å². The predicted molar refractivity (Wildman–Crippen MR) is 86.1 cm³/mol. The van der Waals surface area contributed by atoms with Gasteiger partial charge in [-0.3, -0.25) is 0 Å². The number of nitrogens with zero attached hydrogens (tertiary/aromatic N) is 2. The molecule has 0 bridgehead atoms. The fourth-order valence-electron chi connectivity index (χ4n) is 2.97. The minimum absolute atomic E-state index is 0.231. The van der Waals surface area contributed by atoms with Gasteiger partial charge < -0.3 is 4.74 Å². The topological polar surface area (TPSA) is 49.9 Å². The van der Waals surface area contributed by atoms with Crippen molar-refractivity contribution >= 4 is 21.8 Å². The maximum atomic E-state index is 12.7. The second-order valence-electron chi connectivity index (χ2n) is 5.74. The smallest absolute Gasteiger partial charge is 0.282 e. The molecular weight excluding hydrogens is 324 g/mol. The molecule has 22 heavy (non-hydrogen) atoms. The Morgan fingerprint density at radius 1 is 1.00 bits per heavy atom. The summed E-state index contributed by atoms with van der Waals surface area (Å²) >= 11 is 5.90. The molecule has 2 aliphatic rings. The van der Waals surface area contributed by atoms with Crippen LogP contribution in [0.1, 0.15) is 30.9 Å². The Kier molecular flexibility index (Phi) is 5.04. The molecule has 7 heteroatoms. The van der Waals surface area contributed by atoms with E-state index in [0.29, 0.717) is 37.8 Å². The molecular formula is C15H21ClN2O3S. The zero-order valence-corrected chi connectivity index (χ0v) is 14.0. The van der Waals surface area contributed by atoms with Crippen molar-refractivity contribution in [1.82, 2.24) is 8.61 Å². The Balaban J connectivity index is 1.73. The van der Waals surface area contributed by atoms with Gasteiger partial charge in [0.1, 0.15) is 0 Å². The molecule has 2 saturated heterocycles. The quantitative estimate of drug-likeness (QED) is 0.846. The molecule has 1 atom stereocenters. The lowest BCUT2D eigenvalue weighted by Gasteiger charge is -2.36. The summed E-state index contributed by atoms with van der Waals surface area (Å²) in [6.45, 7) is 2.46. The first kappa shape index (κ1) is 16.2. The molecule has 5 nitrogen and oxygen atoms in total. The zero-order chi connectivity index (χ0) is 15.6. The summed E-state index contributed by atoms with van der Waals surface area (Å²) in [7, 11) is -3.37. The van der Waals surface area contributed by atoms with E-state index in [1.807, 2.05) is 12.1 Å². The highest BCUT2D eigenvalue weighted by Gasteiger charge is 2.35. The Labute approximate surface area is 137 Å². The van der Waals surface area contributed by atoms with Crippen LogP contribution in [0, 0.1) is 0 Å². The SMILES string of the molecule is O=S(=O)(N1CCCCC1)N1CCOC(c2ccc(Cl)cc2)C1. The van der Waals surface area contributed by atoms with Gasteiger partial charge in [0, 0.05) is 31.2 Å². The monoisotopic (exact) mass is 344 g/mol. The molecule has 0 radical (unpaired) electrons. The van der Waals surface area contributed by atoms with Gasteiger partial charge in [-0.25, -0.2) is 0 Å². The number of piperidine rings is 1. The van der Waals surface area contributed by atoms with Crippen LogP contribution in [0.25, 0.3) is 0 Å². The highest BCUT2D eigenvalue weighted by Crippen LogP contribution is 2.26. The molecule has 122 valence electrons. The van der Waals surface area contributed by atoms with Crippen LogP contribution in [0.5, 0.6) is 0 Å². The third-order valence-electron chi connectivity index (χ3n) is 4.24. The average Bonchev–Trinajstić information content (AvgIpc) is 2.56. The molecule has 0 N–H and O–H groups in total. The number of halogens is 1. The predicted octanol–water partition coefficient (Wildman–Crippen LogP) is 2.44. The first-order valence-corrected chi connectivity index (χ1v) is 9.47. The summed E-state index contributed by atoms with van der Waals surface area (Å²) in [4.78, 5) is 0. The molecule has 3 rings (SSSR count). The van der Waals surface area contributed by atoms with E-state index in [4.69, 9.17) is 16.3 Å². The van der Waals surface area contributed by atoms with E-state index in [1.54, 1.807) is 20.7 Å². The lowest BCUT2D eigenvalue weighted by Crippen LogP contribution is -2.50. The van der Waals surface area contributed by atoms with Crippen LogP contribution in [-0.4, -0.2) is 49.8 Å². The van der Waals surface area contributed by atoms with Crippen molar-refractivity contribution in [3.63, 3.8) is 0 Å².